The summed E-state index contributed by atoms with van der Waals surface area (Å²) in [5.41, 5.74) is 0. The van der Waals surface area contributed by atoms with E-state index in [2.05, 4.69) is 13.8 Å². The van der Waals surface area contributed by atoms with E-state index < -0.39 is 0 Å². The average molecular weight is 183 g/mol. The number of carbonyl (C=O) groups excluding carboxylic acids is 2. The third-order valence-electron chi connectivity index (χ3n) is 2.83. The van der Waals surface area contributed by atoms with E-state index in [1.165, 1.54) is 6.92 Å². The van der Waals surface area contributed by atoms with Crippen molar-refractivity contribution in [3.8, 4) is 0 Å². The number of nitrogens with zero attached hydrogens (tertiary/aromatic N) is 1. The van der Waals surface area contributed by atoms with Crippen LogP contribution in [0.3, 0.4) is 0 Å². The SMILES string of the molecule is CC(=O)[C@@H]1C(C(C)C)CN1C(C)=O. The van der Waals surface area contributed by atoms with Crippen molar-refractivity contribution < 1.29 is 9.59 Å². The highest BCUT2D eigenvalue weighted by Crippen LogP contribution is 2.31. The third kappa shape index (κ3) is 1.74. The second-order valence-electron chi connectivity index (χ2n) is 4.13. The molecule has 1 heterocycles. The van der Waals surface area contributed by atoms with Gasteiger partial charge in [0.1, 0.15) is 0 Å². The van der Waals surface area contributed by atoms with Gasteiger partial charge in [-0.1, -0.05) is 13.8 Å². The molecule has 1 amide bonds. The molecule has 0 spiro atoms. The molecular weight excluding hydrogens is 166 g/mol. The van der Waals surface area contributed by atoms with Crippen LogP contribution in [-0.2, 0) is 9.59 Å². The van der Waals surface area contributed by atoms with Gasteiger partial charge in [0.05, 0.1) is 6.04 Å². The van der Waals surface area contributed by atoms with Crippen molar-refractivity contribution in [2.24, 2.45) is 11.8 Å². The van der Waals surface area contributed by atoms with Gasteiger partial charge < -0.3 is 4.90 Å². The zero-order valence-electron chi connectivity index (χ0n) is 8.70. The lowest BCUT2D eigenvalue weighted by Gasteiger charge is -2.48. The van der Waals surface area contributed by atoms with Crippen LogP contribution >= 0.6 is 0 Å². The molecule has 2 atom stereocenters. The molecule has 1 rings (SSSR count). The largest absolute Gasteiger partial charge is 0.332 e. The lowest BCUT2D eigenvalue weighted by atomic mass is 9.78. The number of amides is 1. The van der Waals surface area contributed by atoms with Crippen molar-refractivity contribution in [3.05, 3.63) is 0 Å². The van der Waals surface area contributed by atoms with Crippen molar-refractivity contribution >= 4 is 11.7 Å². The molecule has 1 aliphatic heterocycles. The molecule has 3 nitrogen and oxygen atoms in total. The van der Waals surface area contributed by atoms with Gasteiger partial charge in [0.25, 0.3) is 0 Å². The van der Waals surface area contributed by atoms with Crippen LogP contribution in [0.25, 0.3) is 0 Å². The fraction of sp³-hybridized carbons (Fsp3) is 0.800. The van der Waals surface area contributed by atoms with Crippen LogP contribution < -0.4 is 0 Å². The predicted molar refractivity (Wildman–Crippen MR) is 50.2 cm³/mol. The number of hydrogen-bond acceptors (Lipinski definition) is 2. The topological polar surface area (TPSA) is 37.4 Å². The summed E-state index contributed by atoms with van der Waals surface area (Å²) in [6, 6.07) is -0.155. The van der Waals surface area contributed by atoms with Gasteiger partial charge in [0.2, 0.25) is 5.91 Å². The smallest absolute Gasteiger partial charge is 0.220 e. The van der Waals surface area contributed by atoms with E-state index in [1.807, 2.05) is 0 Å². The maximum atomic E-state index is 11.3. The summed E-state index contributed by atoms with van der Waals surface area (Å²) in [6.45, 7) is 8.02. The van der Waals surface area contributed by atoms with Crippen LogP contribution in [-0.4, -0.2) is 29.2 Å². The van der Waals surface area contributed by atoms with Crippen molar-refractivity contribution in [3.63, 3.8) is 0 Å². The summed E-state index contributed by atoms with van der Waals surface area (Å²) in [6.07, 6.45) is 0. The Bertz CT molecular complexity index is 235. The number of carbonyl (C=O) groups is 2. The van der Waals surface area contributed by atoms with Crippen molar-refractivity contribution in [2.75, 3.05) is 6.54 Å². The van der Waals surface area contributed by atoms with Gasteiger partial charge in [-0.25, -0.2) is 0 Å². The minimum atomic E-state index is -0.155. The maximum Gasteiger partial charge on any atom is 0.220 e. The Morgan fingerprint density at radius 2 is 1.85 bits per heavy atom. The minimum Gasteiger partial charge on any atom is -0.332 e. The fourth-order valence-corrected chi connectivity index (χ4v) is 1.95. The first kappa shape index (κ1) is 10.2. The number of rotatable bonds is 2. The zero-order chi connectivity index (χ0) is 10.2. The summed E-state index contributed by atoms with van der Waals surface area (Å²) >= 11 is 0. The molecule has 3 heteroatoms. The van der Waals surface area contributed by atoms with E-state index in [4.69, 9.17) is 0 Å². The monoisotopic (exact) mass is 183 g/mol. The quantitative estimate of drug-likeness (QED) is 0.642. The Labute approximate surface area is 79.1 Å². The first-order chi connectivity index (χ1) is 5.95. The van der Waals surface area contributed by atoms with E-state index in [1.54, 1.807) is 11.8 Å². The third-order valence-corrected chi connectivity index (χ3v) is 2.83. The maximum absolute atomic E-state index is 11.3. The molecule has 0 radical (unpaired) electrons. The van der Waals surface area contributed by atoms with Gasteiger partial charge in [-0.3, -0.25) is 9.59 Å². The van der Waals surface area contributed by atoms with E-state index in [9.17, 15) is 9.59 Å². The van der Waals surface area contributed by atoms with Crippen LogP contribution in [0.15, 0.2) is 0 Å². The second kappa shape index (κ2) is 3.48. The van der Waals surface area contributed by atoms with Crippen molar-refractivity contribution in [1.82, 2.24) is 4.90 Å². The summed E-state index contributed by atoms with van der Waals surface area (Å²) in [4.78, 5) is 24.0. The Kier molecular flexibility index (Phi) is 2.74. The Morgan fingerprint density at radius 3 is 2.15 bits per heavy atom. The molecule has 0 aromatic rings. The number of likely N-dealkylation sites (tertiary alicyclic amines) is 1. The van der Waals surface area contributed by atoms with Gasteiger partial charge >= 0.3 is 0 Å². The molecule has 0 N–H and O–H groups in total. The number of ketones is 1. The van der Waals surface area contributed by atoms with E-state index in [0.717, 1.165) is 6.54 Å². The molecule has 0 aromatic heterocycles. The summed E-state index contributed by atoms with van der Waals surface area (Å²) < 4.78 is 0. The fourth-order valence-electron chi connectivity index (χ4n) is 1.95. The first-order valence-electron chi connectivity index (χ1n) is 4.72. The van der Waals surface area contributed by atoms with Crippen LogP contribution in [0.2, 0.25) is 0 Å². The molecule has 1 unspecified atom stereocenters. The Balaban J connectivity index is 2.68. The predicted octanol–water partition coefficient (Wildman–Crippen LogP) is 1.08. The zero-order valence-corrected chi connectivity index (χ0v) is 8.70. The molecule has 74 valence electrons. The first-order valence-corrected chi connectivity index (χ1v) is 4.72. The molecule has 1 fully saturated rings. The van der Waals surface area contributed by atoms with Gasteiger partial charge in [0.15, 0.2) is 5.78 Å². The molecule has 0 aliphatic carbocycles. The lowest BCUT2D eigenvalue weighted by Crippen LogP contribution is -2.62. The average Bonchev–Trinajstić information content (AvgIpc) is 1.79. The van der Waals surface area contributed by atoms with Crippen LogP contribution in [0.1, 0.15) is 27.7 Å². The van der Waals surface area contributed by atoms with Gasteiger partial charge in [0, 0.05) is 19.4 Å². The standard InChI is InChI=1S/C10H17NO2/c1-6(2)9-5-11(8(4)13)10(9)7(3)12/h6,9-10H,5H2,1-4H3/t9?,10-/m1/s1. The molecule has 0 saturated carbocycles. The summed E-state index contributed by atoms with van der Waals surface area (Å²) in [5.74, 6) is 0.961. The van der Waals surface area contributed by atoms with Gasteiger partial charge in [-0.05, 0) is 12.8 Å². The lowest BCUT2D eigenvalue weighted by molar-refractivity contribution is -0.151. The van der Waals surface area contributed by atoms with Gasteiger partial charge in [-0.2, -0.15) is 0 Å². The van der Waals surface area contributed by atoms with E-state index in [-0.39, 0.29) is 17.7 Å². The summed E-state index contributed by atoms with van der Waals surface area (Å²) in [5, 5.41) is 0. The highest BCUT2D eigenvalue weighted by molar-refractivity contribution is 5.88. The Morgan fingerprint density at radius 1 is 1.31 bits per heavy atom. The van der Waals surface area contributed by atoms with Crippen molar-refractivity contribution in [1.29, 1.82) is 0 Å². The molecule has 0 bridgehead atoms. The van der Waals surface area contributed by atoms with Crippen LogP contribution in [0, 0.1) is 11.8 Å². The number of Topliss-reactive ketones (excluding diaryl/α,β-unsaturated/α-hetero) is 1. The van der Waals surface area contributed by atoms with E-state index in [0.29, 0.717) is 11.8 Å². The molecule has 13 heavy (non-hydrogen) atoms. The van der Waals surface area contributed by atoms with E-state index >= 15 is 0 Å². The minimum absolute atomic E-state index is 0.0112. The molecule has 1 saturated heterocycles. The molecule has 1 aliphatic rings. The highest BCUT2D eigenvalue weighted by Gasteiger charge is 2.44. The number of hydrogen-bond donors (Lipinski definition) is 0. The molecule has 0 aromatic carbocycles. The Hall–Kier alpha value is -0.860. The summed E-state index contributed by atoms with van der Waals surface area (Å²) in [7, 11) is 0. The molecular formula is C10H17NO2. The van der Waals surface area contributed by atoms with Crippen molar-refractivity contribution in [2.45, 2.75) is 33.7 Å². The van der Waals surface area contributed by atoms with Crippen LogP contribution in [0.5, 0.6) is 0 Å². The van der Waals surface area contributed by atoms with Gasteiger partial charge in [-0.15, -0.1) is 0 Å². The highest BCUT2D eigenvalue weighted by atomic mass is 16.2. The normalized spacial score (nSPS) is 27.3. The second-order valence-corrected chi connectivity index (χ2v) is 4.13. The van der Waals surface area contributed by atoms with Crippen LogP contribution in [0.4, 0.5) is 0 Å².